The Labute approximate surface area is 208 Å². The smallest absolute Gasteiger partial charge is 0.320 e. The lowest BCUT2D eigenvalue weighted by Gasteiger charge is -2.55. The summed E-state index contributed by atoms with van der Waals surface area (Å²) in [7, 11) is 4.42. The van der Waals surface area contributed by atoms with E-state index in [1.165, 1.54) is 5.56 Å². The molecule has 2 heterocycles. The summed E-state index contributed by atoms with van der Waals surface area (Å²) in [5.74, 6) is -0.0911. The number of piperidine rings is 2. The van der Waals surface area contributed by atoms with E-state index in [4.69, 9.17) is 4.74 Å². The van der Waals surface area contributed by atoms with Crippen molar-refractivity contribution >= 4 is 5.97 Å². The van der Waals surface area contributed by atoms with Crippen LogP contribution in [0.4, 0.5) is 0 Å². The summed E-state index contributed by atoms with van der Waals surface area (Å²) in [5, 5.41) is 0. The van der Waals surface area contributed by atoms with Crippen LogP contribution in [0.2, 0.25) is 0 Å². The van der Waals surface area contributed by atoms with Crippen LogP contribution in [0.3, 0.4) is 0 Å². The molecule has 2 aliphatic rings. The number of benzene rings is 1. The first-order valence-corrected chi connectivity index (χ1v) is 13.0. The third-order valence-corrected chi connectivity index (χ3v) is 8.93. The molecule has 0 aliphatic carbocycles. The highest BCUT2D eigenvalue weighted by molar-refractivity contribution is 5.72. The predicted octanol–water partition coefficient (Wildman–Crippen LogP) is 5.33. The number of hydrogen-bond acceptors (Lipinski definition) is 5. The molecule has 0 aromatic heterocycles. The van der Waals surface area contributed by atoms with Gasteiger partial charge in [0.1, 0.15) is 6.10 Å². The van der Waals surface area contributed by atoms with Gasteiger partial charge in [0.25, 0.3) is 0 Å². The molecule has 0 atom stereocenters. The van der Waals surface area contributed by atoms with Crippen molar-refractivity contribution in [2.45, 2.75) is 122 Å². The number of carbonyl (C=O) groups is 1. The molecule has 2 aliphatic heterocycles. The van der Waals surface area contributed by atoms with Crippen LogP contribution in [0.15, 0.2) is 30.3 Å². The Morgan fingerprint density at radius 2 is 1.26 bits per heavy atom. The monoisotopic (exact) mass is 471 g/mol. The largest absolute Gasteiger partial charge is 0.461 e. The number of likely N-dealkylation sites (tertiary alicyclic amines) is 2. The van der Waals surface area contributed by atoms with Crippen molar-refractivity contribution in [1.82, 2.24) is 14.7 Å². The maximum atomic E-state index is 13.4. The van der Waals surface area contributed by atoms with Crippen molar-refractivity contribution in [1.29, 1.82) is 0 Å². The molecule has 0 N–H and O–H groups in total. The average molecular weight is 472 g/mol. The van der Waals surface area contributed by atoms with E-state index in [0.717, 1.165) is 32.2 Å². The predicted molar refractivity (Wildman–Crippen MR) is 141 cm³/mol. The van der Waals surface area contributed by atoms with Crippen molar-refractivity contribution in [3.8, 4) is 0 Å². The molecule has 3 rings (SSSR count). The molecule has 0 unspecified atom stereocenters. The third-order valence-electron chi connectivity index (χ3n) is 8.93. The van der Waals surface area contributed by atoms with Crippen molar-refractivity contribution < 1.29 is 9.53 Å². The van der Waals surface area contributed by atoms with Crippen LogP contribution in [0.1, 0.15) is 86.6 Å². The number of hydrogen-bond donors (Lipinski definition) is 0. The Kier molecular flexibility index (Phi) is 7.63. The summed E-state index contributed by atoms with van der Waals surface area (Å²) in [6, 6.07) is 10.8. The van der Waals surface area contributed by atoms with Crippen LogP contribution < -0.4 is 0 Å². The van der Waals surface area contributed by atoms with Gasteiger partial charge in [0.2, 0.25) is 0 Å². The lowest BCUT2D eigenvalue weighted by Crippen LogP contribution is -2.63. The van der Waals surface area contributed by atoms with Crippen molar-refractivity contribution in [2.24, 2.45) is 0 Å². The third kappa shape index (κ3) is 6.03. The standard InChI is InChI=1S/C29H49N3O2/c1-26(2)16-23(17-27(3,4)30(26)9)32(20-22-14-12-11-13-15-22)21-25(33)34-24-18-28(5,6)31(10)29(7,8)19-24/h11-15,23-24H,16-21H2,1-10H3. The fraction of sp³-hybridized carbons (Fsp3) is 0.759. The van der Waals surface area contributed by atoms with Gasteiger partial charge in [0.15, 0.2) is 0 Å². The van der Waals surface area contributed by atoms with Crippen LogP contribution in [-0.4, -0.2) is 75.6 Å². The summed E-state index contributed by atoms with van der Waals surface area (Å²) >= 11 is 0. The van der Waals surface area contributed by atoms with Crippen LogP contribution in [-0.2, 0) is 16.1 Å². The van der Waals surface area contributed by atoms with Gasteiger partial charge in [-0.1, -0.05) is 30.3 Å². The summed E-state index contributed by atoms with van der Waals surface area (Å²) < 4.78 is 6.18. The molecule has 2 fully saturated rings. The number of nitrogens with zero attached hydrogens (tertiary/aromatic N) is 3. The van der Waals surface area contributed by atoms with Crippen molar-refractivity contribution in [2.75, 3.05) is 20.6 Å². The van der Waals surface area contributed by atoms with E-state index in [0.29, 0.717) is 12.6 Å². The van der Waals surface area contributed by atoms with Gasteiger partial charge in [-0.2, -0.15) is 0 Å². The van der Waals surface area contributed by atoms with Crippen LogP contribution in [0.25, 0.3) is 0 Å². The molecular formula is C29H49N3O2. The Morgan fingerprint density at radius 1 is 0.824 bits per heavy atom. The number of esters is 1. The summed E-state index contributed by atoms with van der Waals surface area (Å²) in [4.78, 5) is 20.7. The molecule has 192 valence electrons. The second-order valence-electron chi connectivity index (χ2n) is 13.3. The SMILES string of the molecule is CN1C(C)(C)CC(OC(=O)CN(Cc2ccccc2)C2CC(C)(C)N(C)C(C)(C)C2)CC1(C)C. The summed E-state index contributed by atoms with van der Waals surface area (Å²) in [6.45, 7) is 19.4. The molecule has 5 heteroatoms. The van der Waals surface area contributed by atoms with Crippen molar-refractivity contribution in [3.05, 3.63) is 35.9 Å². The molecule has 34 heavy (non-hydrogen) atoms. The summed E-state index contributed by atoms with van der Waals surface area (Å²) in [6.07, 6.45) is 3.75. The number of rotatable bonds is 6. The first-order valence-electron chi connectivity index (χ1n) is 13.0. The van der Waals surface area contributed by atoms with Gasteiger partial charge >= 0.3 is 5.97 Å². The van der Waals surface area contributed by atoms with E-state index in [1.807, 2.05) is 6.07 Å². The molecule has 1 aromatic rings. The molecule has 0 bridgehead atoms. The van der Waals surface area contributed by atoms with E-state index in [2.05, 4.69) is 108 Å². The Hall–Kier alpha value is -1.43. The van der Waals surface area contributed by atoms with Gasteiger partial charge in [-0.25, -0.2) is 0 Å². The number of carbonyl (C=O) groups excluding carboxylic acids is 1. The van der Waals surface area contributed by atoms with E-state index < -0.39 is 0 Å². The quantitative estimate of drug-likeness (QED) is 0.524. The maximum absolute atomic E-state index is 13.4. The second-order valence-corrected chi connectivity index (χ2v) is 13.3. The van der Waals surface area contributed by atoms with Crippen LogP contribution in [0, 0.1) is 0 Å². The summed E-state index contributed by atoms with van der Waals surface area (Å²) in [5.41, 5.74) is 1.36. The van der Waals surface area contributed by atoms with E-state index in [1.54, 1.807) is 0 Å². The second kappa shape index (κ2) is 9.55. The van der Waals surface area contributed by atoms with Gasteiger partial charge < -0.3 is 4.74 Å². The van der Waals surface area contributed by atoms with E-state index >= 15 is 0 Å². The fourth-order valence-electron chi connectivity index (χ4n) is 6.46. The topological polar surface area (TPSA) is 36.0 Å². The minimum Gasteiger partial charge on any atom is -0.461 e. The normalized spacial score (nSPS) is 25.4. The molecule has 5 nitrogen and oxygen atoms in total. The molecule has 0 radical (unpaired) electrons. The molecule has 1 aromatic carbocycles. The van der Waals surface area contributed by atoms with Gasteiger partial charge in [-0.3, -0.25) is 19.5 Å². The Bertz CT molecular complexity index is 810. The molecule has 0 saturated carbocycles. The zero-order valence-electron chi connectivity index (χ0n) is 23.4. The van der Waals surface area contributed by atoms with E-state index in [-0.39, 0.29) is 34.2 Å². The van der Waals surface area contributed by atoms with Gasteiger partial charge in [0, 0.05) is 47.6 Å². The van der Waals surface area contributed by atoms with Crippen LogP contribution >= 0.6 is 0 Å². The average Bonchev–Trinajstić information content (AvgIpc) is 2.69. The first-order chi connectivity index (χ1) is 15.5. The Balaban J connectivity index is 1.77. The molecular weight excluding hydrogens is 422 g/mol. The zero-order valence-corrected chi connectivity index (χ0v) is 23.4. The van der Waals surface area contributed by atoms with E-state index in [9.17, 15) is 4.79 Å². The Morgan fingerprint density at radius 3 is 1.74 bits per heavy atom. The zero-order chi connectivity index (χ0) is 25.5. The highest BCUT2D eigenvalue weighted by Crippen LogP contribution is 2.40. The maximum Gasteiger partial charge on any atom is 0.320 e. The van der Waals surface area contributed by atoms with Gasteiger partial charge in [-0.05, 0) is 87.9 Å². The minimum absolute atomic E-state index is 0.00156. The van der Waals surface area contributed by atoms with Crippen LogP contribution in [0.5, 0.6) is 0 Å². The fourth-order valence-corrected chi connectivity index (χ4v) is 6.46. The highest BCUT2D eigenvalue weighted by atomic mass is 16.5. The number of ether oxygens (including phenoxy) is 1. The van der Waals surface area contributed by atoms with Gasteiger partial charge in [-0.15, -0.1) is 0 Å². The van der Waals surface area contributed by atoms with Crippen molar-refractivity contribution in [3.63, 3.8) is 0 Å². The highest BCUT2D eigenvalue weighted by Gasteiger charge is 2.46. The first kappa shape index (κ1) is 27.2. The molecule has 0 amide bonds. The minimum atomic E-state index is -0.0911. The molecule has 0 spiro atoms. The lowest BCUT2D eigenvalue weighted by molar-refractivity contribution is -0.162. The molecule has 2 saturated heterocycles. The van der Waals surface area contributed by atoms with Gasteiger partial charge in [0.05, 0.1) is 6.54 Å². The lowest BCUT2D eigenvalue weighted by atomic mass is 9.77.